The molecule has 0 aromatic heterocycles. The lowest BCUT2D eigenvalue weighted by Crippen LogP contribution is -2.34. The molecule has 2 nitrogen and oxygen atoms in total. The third kappa shape index (κ3) is 2.92. The SMILES string of the molecule is C[C@H]1CN(Cc2c(F)cccc2Br)C[C@@H]1N(C)C. The van der Waals surface area contributed by atoms with Crippen LogP contribution in [0.1, 0.15) is 12.5 Å². The molecule has 4 heteroatoms. The molecule has 1 heterocycles. The van der Waals surface area contributed by atoms with Crippen molar-refractivity contribution in [1.29, 1.82) is 0 Å². The third-order valence-corrected chi connectivity index (χ3v) is 4.50. The Bertz CT molecular complexity index is 402. The molecular weight excluding hydrogens is 295 g/mol. The lowest BCUT2D eigenvalue weighted by Gasteiger charge is -2.22. The second-order valence-electron chi connectivity index (χ2n) is 5.40. The highest BCUT2D eigenvalue weighted by Crippen LogP contribution is 2.26. The van der Waals surface area contributed by atoms with E-state index in [2.05, 4.69) is 46.7 Å². The first-order valence-corrected chi connectivity index (χ1v) is 7.10. The van der Waals surface area contributed by atoms with Crippen LogP contribution in [-0.2, 0) is 6.54 Å². The Balaban J connectivity index is 2.08. The lowest BCUT2D eigenvalue weighted by atomic mass is 10.1. The molecule has 100 valence electrons. The van der Waals surface area contributed by atoms with Crippen molar-refractivity contribution in [3.8, 4) is 0 Å². The molecular formula is C14H20BrFN2. The van der Waals surface area contributed by atoms with Crippen LogP contribution < -0.4 is 0 Å². The van der Waals surface area contributed by atoms with E-state index in [4.69, 9.17) is 0 Å². The van der Waals surface area contributed by atoms with Crippen LogP contribution in [0.15, 0.2) is 22.7 Å². The van der Waals surface area contributed by atoms with E-state index in [1.165, 1.54) is 6.07 Å². The fourth-order valence-corrected chi connectivity index (χ4v) is 3.22. The first-order valence-electron chi connectivity index (χ1n) is 6.30. The standard InChI is InChI=1S/C14H20BrFN2/c1-10-7-18(9-14(10)17(2)3)8-11-12(15)5-4-6-13(11)16/h4-6,10,14H,7-9H2,1-3H3/t10-,14-/m0/s1. The van der Waals surface area contributed by atoms with Gasteiger partial charge in [-0.05, 0) is 32.1 Å². The fraction of sp³-hybridized carbons (Fsp3) is 0.571. The number of benzene rings is 1. The summed E-state index contributed by atoms with van der Waals surface area (Å²) in [5, 5.41) is 0. The predicted octanol–water partition coefficient (Wildman–Crippen LogP) is 2.97. The molecule has 0 aliphatic carbocycles. The van der Waals surface area contributed by atoms with Crippen LogP contribution in [0.4, 0.5) is 4.39 Å². The Morgan fingerprint density at radius 3 is 2.67 bits per heavy atom. The Morgan fingerprint density at radius 2 is 2.11 bits per heavy atom. The lowest BCUT2D eigenvalue weighted by molar-refractivity contribution is 0.249. The minimum Gasteiger partial charge on any atom is -0.305 e. The minimum atomic E-state index is -0.120. The largest absolute Gasteiger partial charge is 0.305 e. The molecule has 0 radical (unpaired) electrons. The van der Waals surface area contributed by atoms with Crippen molar-refractivity contribution in [3.63, 3.8) is 0 Å². The average Bonchev–Trinajstić information content (AvgIpc) is 2.65. The number of nitrogens with zero attached hydrogens (tertiary/aromatic N) is 2. The maximum absolute atomic E-state index is 13.8. The summed E-state index contributed by atoms with van der Waals surface area (Å²) < 4.78 is 14.7. The molecule has 1 aromatic carbocycles. The zero-order chi connectivity index (χ0) is 13.3. The van der Waals surface area contributed by atoms with E-state index < -0.39 is 0 Å². The Morgan fingerprint density at radius 1 is 1.39 bits per heavy atom. The molecule has 1 aromatic rings. The first kappa shape index (κ1) is 14.0. The van der Waals surface area contributed by atoms with Crippen molar-refractivity contribution in [1.82, 2.24) is 9.80 Å². The highest BCUT2D eigenvalue weighted by atomic mass is 79.9. The Kier molecular flexibility index (Phi) is 4.41. The summed E-state index contributed by atoms with van der Waals surface area (Å²) in [6, 6.07) is 5.73. The zero-order valence-electron chi connectivity index (χ0n) is 11.2. The van der Waals surface area contributed by atoms with Gasteiger partial charge in [0.15, 0.2) is 0 Å². The Hall–Kier alpha value is -0.450. The molecule has 1 fully saturated rings. The smallest absolute Gasteiger partial charge is 0.128 e. The minimum absolute atomic E-state index is 0.120. The summed E-state index contributed by atoms with van der Waals surface area (Å²) in [5.74, 6) is 0.510. The summed E-state index contributed by atoms with van der Waals surface area (Å²) in [4.78, 5) is 4.60. The van der Waals surface area contributed by atoms with Gasteiger partial charge in [-0.15, -0.1) is 0 Å². The number of hydrogen-bond donors (Lipinski definition) is 0. The van der Waals surface area contributed by atoms with E-state index >= 15 is 0 Å². The van der Waals surface area contributed by atoms with Gasteiger partial charge >= 0.3 is 0 Å². The van der Waals surface area contributed by atoms with Gasteiger partial charge in [-0.3, -0.25) is 4.90 Å². The monoisotopic (exact) mass is 314 g/mol. The molecule has 0 amide bonds. The molecule has 2 rings (SSSR count). The number of rotatable bonds is 3. The molecule has 1 aliphatic rings. The van der Waals surface area contributed by atoms with Crippen molar-refractivity contribution < 1.29 is 4.39 Å². The second kappa shape index (κ2) is 5.68. The van der Waals surface area contributed by atoms with E-state index in [0.717, 1.165) is 23.1 Å². The van der Waals surface area contributed by atoms with Gasteiger partial charge < -0.3 is 4.90 Å². The summed E-state index contributed by atoms with van der Waals surface area (Å²) in [7, 11) is 4.23. The molecule has 0 bridgehead atoms. The van der Waals surface area contributed by atoms with E-state index in [1.807, 2.05) is 6.07 Å². The van der Waals surface area contributed by atoms with Gasteiger partial charge in [0.25, 0.3) is 0 Å². The number of likely N-dealkylation sites (tertiary alicyclic amines) is 1. The third-order valence-electron chi connectivity index (χ3n) is 3.75. The molecule has 0 saturated carbocycles. The molecule has 0 N–H and O–H groups in total. The molecule has 1 saturated heterocycles. The van der Waals surface area contributed by atoms with Crippen LogP contribution in [0, 0.1) is 11.7 Å². The second-order valence-corrected chi connectivity index (χ2v) is 6.26. The van der Waals surface area contributed by atoms with Gasteiger partial charge in [-0.2, -0.15) is 0 Å². The number of halogens is 2. The van der Waals surface area contributed by atoms with Crippen molar-refractivity contribution in [2.24, 2.45) is 5.92 Å². The van der Waals surface area contributed by atoms with Crippen molar-refractivity contribution >= 4 is 15.9 Å². The fourth-order valence-electron chi connectivity index (χ4n) is 2.76. The van der Waals surface area contributed by atoms with Crippen molar-refractivity contribution in [3.05, 3.63) is 34.1 Å². The first-order chi connectivity index (χ1) is 8.49. The zero-order valence-corrected chi connectivity index (χ0v) is 12.7. The maximum atomic E-state index is 13.8. The summed E-state index contributed by atoms with van der Waals surface area (Å²) in [5.41, 5.74) is 0.768. The van der Waals surface area contributed by atoms with Gasteiger partial charge in [0.05, 0.1) is 0 Å². The number of likely N-dealkylation sites (N-methyl/N-ethyl adjacent to an activating group) is 1. The number of hydrogen-bond acceptors (Lipinski definition) is 2. The molecule has 18 heavy (non-hydrogen) atoms. The van der Waals surface area contributed by atoms with Gasteiger partial charge in [0, 0.05) is 35.7 Å². The van der Waals surface area contributed by atoms with Crippen LogP contribution in [-0.4, -0.2) is 43.0 Å². The van der Waals surface area contributed by atoms with E-state index in [9.17, 15) is 4.39 Å². The maximum Gasteiger partial charge on any atom is 0.128 e. The average molecular weight is 315 g/mol. The van der Waals surface area contributed by atoms with E-state index in [0.29, 0.717) is 18.5 Å². The summed E-state index contributed by atoms with van der Waals surface area (Å²) in [6.07, 6.45) is 0. The highest BCUT2D eigenvalue weighted by Gasteiger charge is 2.31. The van der Waals surface area contributed by atoms with Gasteiger partial charge in [0.2, 0.25) is 0 Å². The van der Waals surface area contributed by atoms with Crippen LogP contribution in [0.5, 0.6) is 0 Å². The van der Waals surface area contributed by atoms with Gasteiger partial charge in [-0.25, -0.2) is 4.39 Å². The Labute approximate surface area is 117 Å². The van der Waals surface area contributed by atoms with Crippen LogP contribution >= 0.6 is 15.9 Å². The van der Waals surface area contributed by atoms with Gasteiger partial charge in [-0.1, -0.05) is 28.9 Å². The van der Waals surface area contributed by atoms with Crippen molar-refractivity contribution in [2.75, 3.05) is 27.2 Å². The highest BCUT2D eigenvalue weighted by molar-refractivity contribution is 9.10. The van der Waals surface area contributed by atoms with E-state index in [1.54, 1.807) is 6.07 Å². The molecule has 0 unspecified atom stereocenters. The van der Waals surface area contributed by atoms with Crippen LogP contribution in [0.25, 0.3) is 0 Å². The summed E-state index contributed by atoms with van der Waals surface area (Å²) >= 11 is 3.44. The van der Waals surface area contributed by atoms with Gasteiger partial charge in [0.1, 0.15) is 5.82 Å². The van der Waals surface area contributed by atoms with Crippen LogP contribution in [0.3, 0.4) is 0 Å². The predicted molar refractivity (Wildman–Crippen MR) is 76.0 cm³/mol. The quantitative estimate of drug-likeness (QED) is 0.846. The topological polar surface area (TPSA) is 6.48 Å². The normalized spacial score (nSPS) is 25.0. The summed E-state index contributed by atoms with van der Waals surface area (Å²) in [6.45, 7) is 4.99. The van der Waals surface area contributed by atoms with E-state index in [-0.39, 0.29) is 5.82 Å². The van der Waals surface area contributed by atoms with Crippen LogP contribution in [0.2, 0.25) is 0 Å². The molecule has 0 spiro atoms. The van der Waals surface area contributed by atoms with Crippen molar-refractivity contribution in [2.45, 2.75) is 19.5 Å². The molecule has 2 atom stereocenters. The molecule has 1 aliphatic heterocycles.